The minimum atomic E-state index is -1.59. The molecule has 0 spiro atoms. The van der Waals surface area contributed by atoms with E-state index in [0.717, 1.165) is 19.3 Å². The number of aliphatic hydroxyl groups is 1. The molecule has 8 atom stereocenters. The lowest BCUT2D eigenvalue weighted by Crippen LogP contribution is -2.61. The number of phenolic OH excluding ortho intramolecular Hbond substituents is 1. The van der Waals surface area contributed by atoms with Gasteiger partial charge in [0.15, 0.2) is 0 Å². The molecule has 0 bridgehead atoms. The number of nitrogens with zero attached hydrogens (tertiary/aromatic N) is 1. The SMILES string of the molecule is CCCCCCCCCCCCCCCC(=O)N[C@@H](CC(C)C)C(=O)N[C@@H](Cc1ccc(O)cc1)C(=O)N[C@@H](CC(C)C)C(=O)N[C@@H](Cc1c[nH]cn1)C(=O)N[C@@H](CO)C(=O)N[C@@H](CC(C)C)C(=O)N[C@H](C(=O)NC)[C@@H](C)CC. The number of aliphatic hydroxyl groups excluding tert-OH is 1. The number of amides is 8. The average molecular weight is 1110 g/mol. The van der Waals surface area contributed by atoms with Crippen molar-refractivity contribution in [3.8, 4) is 5.75 Å². The Labute approximate surface area is 470 Å². The van der Waals surface area contributed by atoms with Crippen molar-refractivity contribution in [2.24, 2.45) is 23.7 Å². The van der Waals surface area contributed by atoms with Crippen molar-refractivity contribution in [3.05, 3.63) is 48.0 Å². The first-order valence-electron chi connectivity index (χ1n) is 29.3. The number of imidazole rings is 1. The summed E-state index contributed by atoms with van der Waals surface area (Å²) in [5.41, 5.74) is 0.947. The zero-order valence-corrected chi connectivity index (χ0v) is 49.3. The van der Waals surface area contributed by atoms with Gasteiger partial charge in [-0.05, 0) is 67.1 Å². The number of H-pyrrole nitrogens is 1. The van der Waals surface area contributed by atoms with Gasteiger partial charge in [0.2, 0.25) is 47.3 Å². The normalized spacial score (nSPS) is 14.5. The first-order chi connectivity index (χ1) is 37.6. The van der Waals surface area contributed by atoms with Crippen molar-refractivity contribution in [1.82, 2.24) is 52.5 Å². The van der Waals surface area contributed by atoms with E-state index in [0.29, 0.717) is 30.5 Å². The number of benzene rings is 1. The minimum Gasteiger partial charge on any atom is -0.508 e. The van der Waals surface area contributed by atoms with Gasteiger partial charge in [-0.1, -0.05) is 158 Å². The Hall–Kier alpha value is -6.05. The van der Waals surface area contributed by atoms with E-state index in [1.807, 2.05) is 55.4 Å². The predicted molar refractivity (Wildman–Crippen MR) is 307 cm³/mol. The second-order valence-electron chi connectivity index (χ2n) is 22.6. The molecule has 2 aromatic rings. The molecule has 0 aliphatic rings. The molecule has 1 aromatic heterocycles. The molecule has 0 saturated carbocycles. The molecule has 0 radical (unpaired) electrons. The average Bonchev–Trinajstić information content (AvgIpc) is 3.92. The lowest BCUT2D eigenvalue weighted by Gasteiger charge is -2.29. The van der Waals surface area contributed by atoms with Crippen molar-refractivity contribution >= 4 is 47.3 Å². The summed E-state index contributed by atoms with van der Waals surface area (Å²) in [6.07, 6.45) is 19.3. The number of hydrogen-bond acceptors (Lipinski definition) is 11. The van der Waals surface area contributed by atoms with Crippen molar-refractivity contribution in [3.63, 3.8) is 0 Å². The van der Waals surface area contributed by atoms with Gasteiger partial charge in [0.25, 0.3) is 0 Å². The van der Waals surface area contributed by atoms with Crippen molar-refractivity contribution in [2.45, 2.75) is 233 Å². The summed E-state index contributed by atoms with van der Waals surface area (Å²) in [5.74, 6) is -5.62. The topological polar surface area (TPSA) is 302 Å². The Morgan fingerprint density at radius 3 is 1.34 bits per heavy atom. The number of likely N-dealkylation sites (N-methyl/N-ethyl adjacent to an activating group) is 1. The van der Waals surface area contributed by atoms with Crippen LogP contribution >= 0.6 is 0 Å². The molecule has 8 amide bonds. The van der Waals surface area contributed by atoms with Crippen LogP contribution in [0.25, 0.3) is 0 Å². The summed E-state index contributed by atoms with van der Waals surface area (Å²) in [7, 11) is 1.46. The quantitative estimate of drug-likeness (QED) is 0.0359. The highest BCUT2D eigenvalue weighted by molar-refractivity contribution is 5.98. The maximum atomic E-state index is 14.5. The zero-order chi connectivity index (χ0) is 58.9. The maximum Gasteiger partial charge on any atom is 0.245 e. The van der Waals surface area contributed by atoms with Crippen LogP contribution in [-0.4, -0.2) is 123 Å². The van der Waals surface area contributed by atoms with Crippen LogP contribution < -0.4 is 42.5 Å². The van der Waals surface area contributed by atoms with Crippen LogP contribution in [0, 0.1) is 23.7 Å². The van der Waals surface area contributed by atoms with E-state index >= 15 is 0 Å². The summed E-state index contributed by atoms with van der Waals surface area (Å²) in [6.45, 7) is 16.3. The first-order valence-corrected chi connectivity index (χ1v) is 29.3. The van der Waals surface area contributed by atoms with Gasteiger partial charge >= 0.3 is 0 Å². The predicted octanol–water partition coefficient (Wildman–Crippen LogP) is 5.70. The summed E-state index contributed by atoms with van der Waals surface area (Å²) in [6, 6.07) is -2.37. The number of aromatic amines is 1. The highest BCUT2D eigenvalue weighted by atomic mass is 16.3. The maximum absolute atomic E-state index is 14.5. The van der Waals surface area contributed by atoms with Crippen molar-refractivity contribution < 1.29 is 48.6 Å². The van der Waals surface area contributed by atoms with Gasteiger partial charge in [-0.25, -0.2) is 4.98 Å². The van der Waals surface area contributed by atoms with Crippen LogP contribution in [0.4, 0.5) is 0 Å². The fraction of sp³-hybridized carbons (Fsp3) is 0.712. The number of carbonyl (C=O) groups is 8. The molecule has 1 aromatic carbocycles. The Morgan fingerprint density at radius 1 is 0.506 bits per heavy atom. The van der Waals surface area contributed by atoms with Crippen LogP contribution in [0.3, 0.4) is 0 Å². The minimum absolute atomic E-state index is 0.00151. The lowest BCUT2D eigenvalue weighted by atomic mass is 9.96. The fourth-order valence-electron chi connectivity index (χ4n) is 9.24. The van der Waals surface area contributed by atoms with Crippen molar-refractivity contribution in [1.29, 1.82) is 0 Å². The van der Waals surface area contributed by atoms with Gasteiger partial charge < -0.3 is 57.7 Å². The number of rotatable bonds is 41. The summed E-state index contributed by atoms with van der Waals surface area (Å²) >= 11 is 0. The Morgan fingerprint density at radius 2 is 0.911 bits per heavy atom. The van der Waals surface area contributed by atoms with E-state index in [1.54, 1.807) is 12.1 Å². The molecule has 0 fully saturated rings. The van der Waals surface area contributed by atoms with E-state index in [-0.39, 0.29) is 67.4 Å². The molecule has 0 unspecified atom stereocenters. The van der Waals surface area contributed by atoms with Gasteiger partial charge in [0, 0.05) is 32.5 Å². The third-order valence-corrected chi connectivity index (χ3v) is 14.0. The molecule has 0 saturated heterocycles. The number of phenols is 1. The second kappa shape index (κ2) is 38.5. The fourth-order valence-corrected chi connectivity index (χ4v) is 9.24. The monoisotopic (exact) mass is 1110 g/mol. The van der Waals surface area contributed by atoms with E-state index in [1.165, 1.54) is 89.5 Å². The second-order valence-corrected chi connectivity index (χ2v) is 22.6. The summed E-state index contributed by atoms with van der Waals surface area (Å²) in [5, 5.41) is 42.2. The summed E-state index contributed by atoms with van der Waals surface area (Å²) < 4.78 is 0. The van der Waals surface area contributed by atoms with Gasteiger partial charge in [-0.3, -0.25) is 38.4 Å². The largest absolute Gasteiger partial charge is 0.508 e. The van der Waals surface area contributed by atoms with Gasteiger partial charge in [-0.2, -0.15) is 0 Å². The molecule has 11 N–H and O–H groups in total. The lowest BCUT2D eigenvalue weighted by molar-refractivity contribution is -0.136. The third-order valence-electron chi connectivity index (χ3n) is 14.0. The number of carbonyl (C=O) groups excluding carboxylic acids is 8. The molecular weight excluding hydrogens is 1010 g/mol. The molecule has 1 heterocycles. The first kappa shape index (κ1) is 69.1. The molecular formula is C59H100N10O10. The standard InChI is InChI=1S/C59H100N10O10/c1-11-13-14-15-16-17-18-19-20-21-22-23-24-25-51(72)63-45(30-38(3)4)53(73)66-48(33-42-26-28-44(71)29-27-42)55(75)64-46(31-39(5)6)54(74)67-49(34-43-35-61-37-62-43)56(76)68-50(36-70)58(78)65-47(32-40(7)8)57(77)69-52(41(9)12-2)59(79)60-10/h26-29,35,37-41,45-50,52,70-71H,11-25,30-34,36H2,1-10H3,(H,60,79)(H,61,62)(H,63,72)(H,64,75)(H,65,78)(H,66,73)(H,67,74)(H,68,76)(H,69,77)/t41-,45-,46-,47-,48-,49-,50-,52-/m0/s1. The van der Waals surface area contributed by atoms with E-state index in [2.05, 4.69) is 59.4 Å². The molecule has 2 rings (SSSR count). The Bertz CT molecular complexity index is 2120. The Balaban J connectivity index is 2.29. The zero-order valence-electron chi connectivity index (χ0n) is 49.3. The number of unbranched alkanes of at least 4 members (excludes halogenated alkanes) is 12. The Kier molecular flexibility index (Phi) is 33.7. The van der Waals surface area contributed by atoms with E-state index in [9.17, 15) is 48.6 Å². The molecule has 20 heteroatoms. The van der Waals surface area contributed by atoms with E-state index < -0.39 is 90.3 Å². The summed E-state index contributed by atoms with van der Waals surface area (Å²) in [4.78, 5) is 118. The molecule has 20 nitrogen and oxygen atoms in total. The molecule has 446 valence electrons. The third kappa shape index (κ3) is 28.1. The van der Waals surface area contributed by atoms with Crippen LogP contribution in [0.15, 0.2) is 36.8 Å². The number of hydrogen-bond donors (Lipinski definition) is 11. The molecule has 0 aliphatic carbocycles. The van der Waals surface area contributed by atoms with Crippen LogP contribution in [0.5, 0.6) is 5.75 Å². The van der Waals surface area contributed by atoms with Gasteiger partial charge in [0.1, 0.15) is 48.0 Å². The van der Waals surface area contributed by atoms with Crippen molar-refractivity contribution in [2.75, 3.05) is 13.7 Å². The number of nitrogens with one attached hydrogen (secondary N) is 9. The van der Waals surface area contributed by atoms with Crippen LogP contribution in [0.1, 0.15) is 189 Å². The van der Waals surface area contributed by atoms with Gasteiger partial charge in [-0.15, -0.1) is 0 Å². The molecule has 0 aliphatic heterocycles. The number of aromatic hydroxyl groups is 1. The highest BCUT2D eigenvalue weighted by Gasteiger charge is 2.35. The van der Waals surface area contributed by atoms with Crippen LogP contribution in [0.2, 0.25) is 0 Å². The van der Waals surface area contributed by atoms with Gasteiger partial charge in [0.05, 0.1) is 18.6 Å². The van der Waals surface area contributed by atoms with Crippen LogP contribution in [-0.2, 0) is 51.2 Å². The highest BCUT2D eigenvalue weighted by Crippen LogP contribution is 2.17. The smallest absolute Gasteiger partial charge is 0.245 e. The van der Waals surface area contributed by atoms with E-state index in [4.69, 9.17) is 0 Å². The molecule has 79 heavy (non-hydrogen) atoms. The number of aromatic nitrogens is 2.